The van der Waals surface area contributed by atoms with Gasteiger partial charge in [0, 0.05) is 11.6 Å². The van der Waals surface area contributed by atoms with Gasteiger partial charge in [-0.3, -0.25) is 4.79 Å². The van der Waals surface area contributed by atoms with E-state index in [1.165, 1.54) is 4.68 Å². The van der Waals surface area contributed by atoms with Crippen molar-refractivity contribution in [1.29, 1.82) is 0 Å². The number of carbonyl (C=O) groups is 1. The molecule has 112 valence electrons. The van der Waals surface area contributed by atoms with Crippen molar-refractivity contribution in [3.05, 3.63) is 42.3 Å². The van der Waals surface area contributed by atoms with Gasteiger partial charge in [-0.15, -0.1) is 5.10 Å². The fourth-order valence-corrected chi connectivity index (χ4v) is 1.93. The first-order chi connectivity index (χ1) is 10.6. The fourth-order valence-electron chi connectivity index (χ4n) is 1.93. The summed E-state index contributed by atoms with van der Waals surface area (Å²) in [4.78, 5) is 11.9. The summed E-state index contributed by atoms with van der Waals surface area (Å²) in [5.41, 5.74) is 1.29. The molecular formula is C14H13N5O3. The highest BCUT2D eigenvalue weighted by Gasteiger charge is 2.10. The maximum Gasteiger partial charge on any atom is 0.247 e. The smallest absolute Gasteiger partial charge is 0.247 e. The van der Waals surface area contributed by atoms with Gasteiger partial charge < -0.3 is 14.9 Å². The molecule has 0 unspecified atom stereocenters. The molecule has 2 heterocycles. The van der Waals surface area contributed by atoms with Crippen LogP contribution in [0.3, 0.4) is 0 Å². The third kappa shape index (κ3) is 3.11. The lowest BCUT2D eigenvalue weighted by Crippen LogP contribution is -2.19. The van der Waals surface area contributed by atoms with Crippen LogP contribution < -0.4 is 5.32 Å². The number of hydrogen-bond acceptors (Lipinski definition) is 6. The summed E-state index contributed by atoms with van der Waals surface area (Å²) in [6.07, 6.45) is 1.63. The van der Waals surface area contributed by atoms with E-state index < -0.39 is 0 Å². The van der Waals surface area contributed by atoms with Crippen LogP contribution in [-0.2, 0) is 11.3 Å². The average molecular weight is 299 g/mol. The Morgan fingerprint density at radius 2 is 2.27 bits per heavy atom. The van der Waals surface area contributed by atoms with Crippen LogP contribution in [0.5, 0.6) is 5.75 Å². The molecule has 3 rings (SSSR count). The van der Waals surface area contributed by atoms with Crippen LogP contribution in [0, 0.1) is 6.92 Å². The molecule has 8 heteroatoms. The molecule has 0 atom stereocenters. The average Bonchev–Trinajstić information content (AvgIpc) is 3.08. The molecule has 0 aliphatic carbocycles. The summed E-state index contributed by atoms with van der Waals surface area (Å²) in [6.45, 7) is 1.74. The Bertz CT molecular complexity index is 808. The van der Waals surface area contributed by atoms with Crippen molar-refractivity contribution in [3.8, 4) is 17.0 Å². The van der Waals surface area contributed by atoms with Gasteiger partial charge in [0.1, 0.15) is 23.7 Å². The van der Waals surface area contributed by atoms with E-state index in [2.05, 4.69) is 20.8 Å². The first-order valence-electron chi connectivity index (χ1n) is 6.53. The molecule has 0 radical (unpaired) electrons. The molecule has 0 bridgehead atoms. The van der Waals surface area contributed by atoms with Crippen molar-refractivity contribution in [1.82, 2.24) is 20.2 Å². The van der Waals surface area contributed by atoms with Crippen LogP contribution in [0.1, 0.15) is 5.76 Å². The molecule has 2 aromatic heterocycles. The molecule has 22 heavy (non-hydrogen) atoms. The van der Waals surface area contributed by atoms with E-state index >= 15 is 0 Å². The predicted octanol–water partition coefficient (Wildman–Crippen LogP) is 1.59. The van der Waals surface area contributed by atoms with E-state index in [1.807, 2.05) is 0 Å². The number of rotatable bonds is 4. The van der Waals surface area contributed by atoms with Crippen LogP contribution in [0.4, 0.5) is 5.82 Å². The number of carbonyl (C=O) groups excluding carboxylic acids is 1. The van der Waals surface area contributed by atoms with Gasteiger partial charge >= 0.3 is 0 Å². The highest BCUT2D eigenvalue weighted by atomic mass is 16.5. The minimum atomic E-state index is -0.291. The molecule has 3 aromatic rings. The Labute approximate surface area is 125 Å². The SMILES string of the molecule is Cc1cc(NC(=O)Cn2cc(-c3cccc(O)c3)nn2)no1. The third-order valence-electron chi connectivity index (χ3n) is 2.88. The molecular weight excluding hydrogens is 286 g/mol. The second-order valence-corrected chi connectivity index (χ2v) is 4.72. The Morgan fingerprint density at radius 1 is 1.41 bits per heavy atom. The maximum atomic E-state index is 11.9. The number of anilines is 1. The molecule has 0 aliphatic heterocycles. The number of aryl methyl sites for hydroxylation is 1. The second-order valence-electron chi connectivity index (χ2n) is 4.72. The monoisotopic (exact) mass is 299 g/mol. The quantitative estimate of drug-likeness (QED) is 0.757. The van der Waals surface area contributed by atoms with Gasteiger partial charge in [-0.1, -0.05) is 22.5 Å². The number of benzene rings is 1. The number of phenols is 1. The van der Waals surface area contributed by atoms with Crippen molar-refractivity contribution in [2.45, 2.75) is 13.5 Å². The summed E-state index contributed by atoms with van der Waals surface area (Å²) in [6, 6.07) is 8.28. The van der Waals surface area contributed by atoms with E-state index in [0.29, 0.717) is 17.3 Å². The minimum absolute atomic E-state index is 0.00226. The number of hydrogen-bond donors (Lipinski definition) is 2. The lowest BCUT2D eigenvalue weighted by Gasteiger charge is -2.00. The second kappa shape index (κ2) is 5.68. The third-order valence-corrected chi connectivity index (χ3v) is 2.88. The van der Waals surface area contributed by atoms with Crippen LogP contribution in [-0.4, -0.2) is 31.2 Å². The van der Waals surface area contributed by atoms with Gasteiger partial charge in [0.15, 0.2) is 5.82 Å². The van der Waals surface area contributed by atoms with Gasteiger partial charge in [-0.25, -0.2) is 4.68 Å². The standard InChI is InChI=1S/C14H13N5O3/c1-9-5-13(17-22-9)15-14(21)8-19-7-12(16-18-19)10-3-2-4-11(20)6-10/h2-7,20H,8H2,1H3,(H,15,17,21). The van der Waals surface area contributed by atoms with Gasteiger partial charge in [-0.2, -0.15) is 0 Å². The highest BCUT2D eigenvalue weighted by Crippen LogP contribution is 2.20. The van der Waals surface area contributed by atoms with Crippen LogP contribution in [0.2, 0.25) is 0 Å². The summed E-state index contributed by atoms with van der Waals surface area (Å²) >= 11 is 0. The normalized spacial score (nSPS) is 10.6. The molecule has 0 fully saturated rings. The molecule has 0 saturated heterocycles. The molecule has 2 N–H and O–H groups in total. The van der Waals surface area contributed by atoms with E-state index in [1.54, 1.807) is 43.5 Å². The fraction of sp³-hybridized carbons (Fsp3) is 0.143. The van der Waals surface area contributed by atoms with Crippen LogP contribution >= 0.6 is 0 Å². The van der Waals surface area contributed by atoms with Crippen LogP contribution in [0.25, 0.3) is 11.3 Å². The predicted molar refractivity (Wildman–Crippen MR) is 77.0 cm³/mol. The van der Waals surface area contributed by atoms with Gasteiger partial charge in [-0.05, 0) is 19.1 Å². The van der Waals surface area contributed by atoms with E-state index in [4.69, 9.17) is 4.52 Å². The van der Waals surface area contributed by atoms with Gasteiger partial charge in [0.25, 0.3) is 0 Å². The summed E-state index contributed by atoms with van der Waals surface area (Å²) in [7, 11) is 0. The molecule has 1 amide bonds. The topological polar surface area (TPSA) is 106 Å². The van der Waals surface area contributed by atoms with Crippen molar-refractivity contribution in [3.63, 3.8) is 0 Å². The lowest BCUT2D eigenvalue weighted by atomic mass is 10.1. The molecule has 1 aromatic carbocycles. The Balaban J connectivity index is 1.67. The zero-order chi connectivity index (χ0) is 15.5. The zero-order valence-electron chi connectivity index (χ0n) is 11.7. The maximum absolute atomic E-state index is 11.9. The Hall–Kier alpha value is -3.16. The first-order valence-corrected chi connectivity index (χ1v) is 6.53. The molecule has 0 spiro atoms. The largest absolute Gasteiger partial charge is 0.508 e. The van der Waals surface area contributed by atoms with Crippen LogP contribution in [0.15, 0.2) is 41.1 Å². The summed E-state index contributed by atoms with van der Waals surface area (Å²) in [5.74, 6) is 0.824. The lowest BCUT2D eigenvalue weighted by molar-refractivity contribution is -0.117. The minimum Gasteiger partial charge on any atom is -0.508 e. The number of aromatic hydroxyl groups is 1. The summed E-state index contributed by atoms with van der Waals surface area (Å²) < 4.78 is 6.27. The number of amides is 1. The van der Waals surface area contributed by atoms with E-state index in [-0.39, 0.29) is 18.2 Å². The Kier molecular flexibility index (Phi) is 3.57. The number of nitrogens with one attached hydrogen (secondary N) is 1. The van der Waals surface area contributed by atoms with E-state index in [0.717, 1.165) is 5.56 Å². The zero-order valence-corrected chi connectivity index (χ0v) is 11.7. The number of aromatic nitrogens is 4. The molecule has 8 nitrogen and oxygen atoms in total. The van der Waals surface area contributed by atoms with Gasteiger partial charge in [0.2, 0.25) is 5.91 Å². The summed E-state index contributed by atoms with van der Waals surface area (Å²) in [5, 5.41) is 23.6. The van der Waals surface area contributed by atoms with Crippen molar-refractivity contribution in [2.24, 2.45) is 0 Å². The van der Waals surface area contributed by atoms with Crippen molar-refractivity contribution in [2.75, 3.05) is 5.32 Å². The van der Waals surface area contributed by atoms with E-state index in [9.17, 15) is 9.90 Å². The van der Waals surface area contributed by atoms with Crippen molar-refractivity contribution >= 4 is 11.7 Å². The number of nitrogens with zero attached hydrogens (tertiary/aromatic N) is 4. The first kappa shape index (κ1) is 13.8. The molecule has 0 saturated carbocycles. The van der Waals surface area contributed by atoms with Gasteiger partial charge in [0.05, 0.1) is 6.20 Å². The van der Waals surface area contributed by atoms with Crippen molar-refractivity contribution < 1.29 is 14.4 Å². The molecule has 0 aliphatic rings. The highest BCUT2D eigenvalue weighted by molar-refractivity contribution is 5.89. The number of phenolic OH excluding ortho intramolecular Hbond substituents is 1. The Morgan fingerprint density at radius 3 is 3.00 bits per heavy atom.